The number of nitrogens with zero attached hydrogens (tertiary/aromatic N) is 4. The van der Waals surface area contributed by atoms with Gasteiger partial charge in [-0.25, -0.2) is 0 Å². The lowest BCUT2D eigenvalue weighted by atomic mass is 9.94. The molecule has 0 amide bonds. The lowest BCUT2D eigenvalue weighted by Crippen LogP contribution is -2.34. The number of benzene rings is 1. The van der Waals surface area contributed by atoms with E-state index in [1.165, 1.54) is 12.8 Å². The monoisotopic (exact) mass is 368 g/mol. The summed E-state index contributed by atoms with van der Waals surface area (Å²) in [7, 11) is 1.54. The Morgan fingerprint density at radius 2 is 1.96 bits per heavy atom. The van der Waals surface area contributed by atoms with Crippen LogP contribution < -0.4 is 9.64 Å². The Morgan fingerprint density at radius 3 is 2.63 bits per heavy atom. The predicted molar refractivity (Wildman–Crippen MR) is 108 cm³/mol. The van der Waals surface area contributed by atoms with E-state index in [0.717, 1.165) is 54.5 Å². The lowest BCUT2D eigenvalue weighted by molar-refractivity contribution is 0.215. The summed E-state index contributed by atoms with van der Waals surface area (Å²) in [5, 5.41) is 12.3. The molecule has 1 aromatic heterocycles. The second kappa shape index (κ2) is 9.35. The fraction of sp³-hybridized carbons (Fsp3) is 0.476. The number of rotatable bonds is 7. The molecule has 1 saturated heterocycles. The van der Waals surface area contributed by atoms with Crippen LogP contribution in [0.25, 0.3) is 0 Å². The molecule has 0 atom stereocenters. The largest absolute Gasteiger partial charge is 0.494 e. The third kappa shape index (κ3) is 5.42. The molecule has 0 N–H and O–H groups in total. The molecule has 3 rings (SSSR count). The summed E-state index contributed by atoms with van der Waals surface area (Å²) in [6, 6.07) is 10.1. The van der Waals surface area contributed by atoms with Crippen LogP contribution >= 0.6 is 0 Å². The summed E-state index contributed by atoms with van der Waals surface area (Å²) >= 11 is 0. The van der Waals surface area contributed by atoms with E-state index < -0.39 is 0 Å². The van der Waals surface area contributed by atoms with Crippen LogP contribution in [-0.4, -0.2) is 43.2 Å². The van der Waals surface area contributed by atoms with E-state index >= 15 is 0 Å². The van der Waals surface area contributed by atoms with Crippen molar-refractivity contribution in [3.05, 3.63) is 47.2 Å². The molecular formula is C21H28N4O2. The first-order chi connectivity index (χ1) is 13.2. The van der Waals surface area contributed by atoms with Crippen molar-refractivity contribution in [3.63, 3.8) is 0 Å². The molecule has 6 heteroatoms. The summed E-state index contributed by atoms with van der Waals surface area (Å²) < 4.78 is 5.96. The highest BCUT2D eigenvalue weighted by atomic mass is 16.6. The third-order valence-electron chi connectivity index (χ3n) is 5.06. The summed E-state index contributed by atoms with van der Waals surface area (Å²) in [5.41, 5.74) is 3.12. The number of piperidine rings is 1. The third-order valence-corrected chi connectivity index (χ3v) is 5.06. The second-order valence-corrected chi connectivity index (χ2v) is 7.04. The SMILES string of the molecule is CO/N=C/c1ccc(OCCC2CCN(c3ccc(C)nn3)CC2)cc1C. The van der Waals surface area contributed by atoms with Gasteiger partial charge in [-0.1, -0.05) is 5.16 Å². The minimum atomic E-state index is 0.703. The maximum Gasteiger partial charge on any atom is 0.151 e. The van der Waals surface area contributed by atoms with Gasteiger partial charge in [0.25, 0.3) is 0 Å². The molecular weight excluding hydrogens is 340 g/mol. The first kappa shape index (κ1) is 19.1. The van der Waals surface area contributed by atoms with Crippen LogP contribution in [0, 0.1) is 19.8 Å². The van der Waals surface area contributed by atoms with E-state index in [9.17, 15) is 0 Å². The summed E-state index contributed by atoms with van der Waals surface area (Å²) in [4.78, 5) is 7.06. The molecule has 2 heterocycles. The molecule has 1 aliphatic heterocycles. The standard InChI is InChI=1S/C21H28N4O2/c1-16-14-20(6-5-19(16)15-22-26-3)27-13-10-18-8-11-25(12-9-18)21-7-4-17(2)23-24-21/h4-7,14-15,18H,8-13H2,1-3H3/b22-15+. The molecule has 2 aromatic rings. The van der Waals surface area contributed by atoms with Crippen molar-refractivity contribution in [2.45, 2.75) is 33.1 Å². The van der Waals surface area contributed by atoms with Crippen molar-refractivity contribution in [3.8, 4) is 5.75 Å². The van der Waals surface area contributed by atoms with Crippen LogP contribution in [0.3, 0.4) is 0 Å². The molecule has 6 nitrogen and oxygen atoms in total. The summed E-state index contributed by atoms with van der Waals surface area (Å²) in [6.45, 7) is 6.84. The quantitative estimate of drug-likeness (QED) is 0.550. The molecule has 1 aliphatic rings. The molecule has 0 radical (unpaired) electrons. The highest BCUT2D eigenvalue weighted by molar-refractivity contribution is 5.81. The first-order valence-corrected chi connectivity index (χ1v) is 9.51. The molecule has 0 bridgehead atoms. The second-order valence-electron chi connectivity index (χ2n) is 7.04. The van der Waals surface area contributed by atoms with Gasteiger partial charge in [0.05, 0.1) is 18.5 Å². The molecule has 0 saturated carbocycles. The molecule has 0 aliphatic carbocycles. The van der Waals surface area contributed by atoms with Gasteiger partial charge >= 0.3 is 0 Å². The molecule has 0 spiro atoms. The smallest absolute Gasteiger partial charge is 0.151 e. The van der Waals surface area contributed by atoms with Gasteiger partial charge in [-0.05, 0) is 80.5 Å². The van der Waals surface area contributed by atoms with Crippen LogP contribution in [0.5, 0.6) is 5.75 Å². The zero-order chi connectivity index (χ0) is 19.1. The number of oxime groups is 1. The number of aryl methyl sites for hydroxylation is 2. The predicted octanol–water partition coefficient (Wildman–Crippen LogP) is 3.76. The van der Waals surface area contributed by atoms with Gasteiger partial charge in [0, 0.05) is 13.1 Å². The number of hydrogen-bond acceptors (Lipinski definition) is 6. The van der Waals surface area contributed by atoms with Crippen molar-refractivity contribution in [1.29, 1.82) is 0 Å². The zero-order valence-corrected chi connectivity index (χ0v) is 16.4. The average Bonchev–Trinajstić information content (AvgIpc) is 2.69. The maximum atomic E-state index is 5.96. The van der Waals surface area contributed by atoms with E-state index in [4.69, 9.17) is 9.57 Å². The van der Waals surface area contributed by atoms with E-state index in [1.807, 2.05) is 32.0 Å². The molecule has 27 heavy (non-hydrogen) atoms. The van der Waals surface area contributed by atoms with Gasteiger partial charge in [-0.3, -0.25) is 0 Å². The van der Waals surface area contributed by atoms with Gasteiger partial charge in [-0.15, -0.1) is 5.10 Å². The molecule has 144 valence electrons. The van der Waals surface area contributed by atoms with E-state index in [0.29, 0.717) is 5.92 Å². The van der Waals surface area contributed by atoms with Gasteiger partial charge in [0.15, 0.2) is 5.82 Å². The minimum Gasteiger partial charge on any atom is -0.494 e. The number of hydrogen-bond donors (Lipinski definition) is 0. The van der Waals surface area contributed by atoms with Crippen LogP contribution in [0.15, 0.2) is 35.5 Å². The molecule has 1 aromatic carbocycles. The van der Waals surface area contributed by atoms with Gasteiger partial charge in [0.2, 0.25) is 0 Å². The fourth-order valence-corrected chi connectivity index (χ4v) is 3.35. The van der Waals surface area contributed by atoms with Crippen molar-refractivity contribution in [2.24, 2.45) is 11.1 Å². The lowest BCUT2D eigenvalue weighted by Gasteiger charge is -2.32. The first-order valence-electron chi connectivity index (χ1n) is 9.51. The van der Waals surface area contributed by atoms with Crippen LogP contribution in [0.1, 0.15) is 36.1 Å². The average molecular weight is 368 g/mol. The number of aromatic nitrogens is 2. The van der Waals surface area contributed by atoms with E-state index in [1.54, 1.807) is 13.3 Å². The van der Waals surface area contributed by atoms with Crippen LogP contribution in [0.4, 0.5) is 5.82 Å². The van der Waals surface area contributed by atoms with Crippen molar-refractivity contribution in [2.75, 3.05) is 31.7 Å². The summed E-state index contributed by atoms with van der Waals surface area (Å²) in [5.74, 6) is 2.60. The van der Waals surface area contributed by atoms with Gasteiger partial charge in [-0.2, -0.15) is 5.10 Å². The van der Waals surface area contributed by atoms with Crippen molar-refractivity contribution >= 4 is 12.0 Å². The van der Waals surface area contributed by atoms with Crippen LogP contribution in [-0.2, 0) is 4.84 Å². The maximum absolute atomic E-state index is 5.96. The Hall–Kier alpha value is -2.63. The normalized spacial score (nSPS) is 15.3. The van der Waals surface area contributed by atoms with Crippen LogP contribution in [0.2, 0.25) is 0 Å². The van der Waals surface area contributed by atoms with Crippen molar-refractivity contribution in [1.82, 2.24) is 10.2 Å². The Balaban J connectivity index is 1.42. The van der Waals surface area contributed by atoms with E-state index in [-0.39, 0.29) is 0 Å². The Kier molecular flexibility index (Phi) is 6.63. The zero-order valence-electron chi connectivity index (χ0n) is 16.4. The number of ether oxygens (including phenoxy) is 1. The minimum absolute atomic E-state index is 0.703. The van der Waals surface area contributed by atoms with E-state index in [2.05, 4.69) is 32.4 Å². The number of anilines is 1. The Labute approximate surface area is 161 Å². The summed E-state index contributed by atoms with van der Waals surface area (Å²) in [6.07, 6.45) is 5.14. The highest BCUT2D eigenvalue weighted by Gasteiger charge is 2.20. The fourth-order valence-electron chi connectivity index (χ4n) is 3.35. The highest BCUT2D eigenvalue weighted by Crippen LogP contribution is 2.24. The molecule has 0 unspecified atom stereocenters. The Morgan fingerprint density at radius 1 is 1.15 bits per heavy atom. The molecule has 1 fully saturated rings. The van der Waals surface area contributed by atoms with Gasteiger partial charge < -0.3 is 14.5 Å². The topological polar surface area (TPSA) is 59.8 Å². The Bertz CT molecular complexity index is 753. The van der Waals surface area contributed by atoms with Crippen molar-refractivity contribution < 1.29 is 9.57 Å². The van der Waals surface area contributed by atoms with Gasteiger partial charge in [0.1, 0.15) is 12.9 Å².